The number of ether oxygens (including phenoxy) is 2. The zero-order valence-corrected chi connectivity index (χ0v) is 13.7. The van der Waals surface area contributed by atoms with Crippen LogP contribution in [0.1, 0.15) is 6.92 Å². The van der Waals surface area contributed by atoms with E-state index in [1.165, 1.54) is 6.07 Å². The monoisotopic (exact) mass is 365 g/mol. The Morgan fingerprint density at radius 2 is 1.77 bits per heavy atom. The summed E-state index contributed by atoms with van der Waals surface area (Å²) in [5.74, 6) is -1.02. The third-order valence-corrected chi connectivity index (χ3v) is 3.77. The van der Waals surface area contributed by atoms with Crippen LogP contribution in [0.25, 0.3) is 21.8 Å². The van der Waals surface area contributed by atoms with Crippen LogP contribution in [0, 0.1) is 0 Å². The molecule has 0 aliphatic carbocycles. The SMILES string of the molecule is CCOC(=O)Cn1c2ccccc2c(=O)c2cc(OC(F)(F)F)ccc21. The van der Waals surface area contributed by atoms with Crippen LogP contribution in [0.15, 0.2) is 47.3 Å². The number of carbonyl (C=O) groups is 1. The maximum absolute atomic E-state index is 12.7. The van der Waals surface area contributed by atoms with E-state index in [9.17, 15) is 22.8 Å². The molecule has 8 heteroatoms. The molecule has 0 aliphatic rings. The molecule has 0 N–H and O–H groups in total. The fourth-order valence-electron chi connectivity index (χ4n) is 2.81. The molecule has 0 radical (unpaired) electrons. The molecule has 0 fully saturated rings. The molecular formula is C18H14F3NO4. The summed E-state index contributed by atoms with van der Waals surface area (Å²) in [7, 11) is 0. The first-order valence-corrected chi connectivity index (χ1v) is 7.77. The molecule has 3 aromatic rings. The largest absolute Gasteiger partial charge is 0.573 e. The van der Waals surface area contributed by atoms with Crippen molar-refractivity contribution in [2.45, 2.75) is 19.8 Å². The average molecular weight is 365 g/mol. The maximum atomic E-state index is 12.7. The van der Waals surface area contributed by atoms with Gasteiger partial charge in [-0.25, -0.2) is 0 Å². The van der Waals surface area contributed by atoms with E-state index in [0.29, 0.717) is 11.0 Å². The number of esters is 1. The maximum Gasteiger partial charge on any atom is 0.573 e. The molecule has 1 heterocycles. The van der Waals surface area contributed by atoms with Gasteiger partial charge in [-0.1, -0.05) is 12.1 Å². The van der Waals surface area contributed by atoms with Crippen molar-refractivity contribution in [2.75, 3.05) is 6.61 Å². The zero-order valence-electron chi connectivity index (χ0n) is 13.7. The first kappa shape index (κ1) is 17.8. The van der Waals surface area contributed by atoms with Crippen molar-refractivity contribution < 1.29 is 27.4 Å². The Bertz CT molecular complexity index is 1040. The van der Waals surface area contributed by atoms with Crippen LogP contribution in [0.5, 0.6) is 5.75 Å². The lowest BCUT2D eigenvalue weighted by Gasteiger charge is -2.15. The van der Waals surface area contributed by atoms with Crippen molar-refractivity contribution >= 4 is 27.8 Å². The number of alkyl halides is 3. The molecule has 0 unspecified atom stereocenters. The molecule has 0 amide bonds. The molecule has 0 saturated carbocycles. The highest BCUT2D eigenvalue weighted by Gasteiger charge is 2.31. The molecule has 2 aromatic carbocycles. The Morgan fingerprint density at radius 1 is 1.08 bits per heavy atom. The van der Waals surface area contributed by atoms with Gasteiger partial charge in [-0.15, -0.1) is 13.2 Å². The number of fused-ring (bicyclic) bond motifs is 2. The Balaban J connectivity index is 2.26. The Morgan fingerprint density at radius 3 is 2.46 bits per heavy atom. The zero-order chi connectivity index (χ0) is 18.9. The van der Waals surface area contributed by atoms with Gasteiger partial charge in [-0.2, -0.15) is 0 Å². The van der Waals surface area contributed by atoms with E-state index in [0.717, 1.165) is 12.1 Å². The van der Waals surface area contributed by atoms with Gasteiger partial charge in [0.1, 0.15) is 12.3 Å². The Labute approximate surface area is 145 Å². The highest BCUT2D eigenvalue weighted by molar-refractivity contribution is 5.95. The van der Waals surface area contributed by atoms with Crippen molar-refractivity contribution in [3.8, 4) is 5.75 Å². The normalized spacial score (nSPS) is 11.7. The number of carbonyl (C=O) groups excluding carboxylic acids is 1. The summed E-state index contributed by atoms with van der Waals surface area (Å²) < 4.78 is 47.8. The molecule has 1 aromatic heterocycles. The predicted octanol–water partition coefficient (Wildman–Crippen LogP) is 3.62. The van der Waals surface area contributed by atoms with Gasteiger partial charge >= 0.3 is 12.3 Å². The van der Waals surface area contributed by atoms with E-state index in [1.807, 2.05) is 0 Å². The van der Waals surface area contributed by atoms with Crippen LogP contribution in [-0.4, -0.2) is 23.5 Å². The number of para-hydroxylation sites is 1. The van der Waals surface area contributed by atoms with Gasteiger partial charge < -0.3 is 14.0 Å². The first-order chi connectivity index (χ1) is 12.3. The number of benzene rings is 2. The van der Waals surface area contributed by atoms with Gasteiger partial charge in [0.2, 0.25) is 0 Å². The summed E-state index contributed by atoms with van der Waals surface area (Å²) in [5.41, 5.74) is 0.363. The molecule has 136 valence electrons. The second-order valence-electron chi connectivity index (χ2n) is 5.46. The predicted molar refractivity (Wildman–Crippen MR) is 89.0 cm³/mol. The molecule has 0 aliphatic heterocycles. The lowest BCUT2D eigenvalue weighted by atomic mass is 10.1. The van der Waals surface area contributed by atoms with Gasteiger partial charge in [-0.3, -0.25) is 9.59 Å². The summed E-state index contributed by atoms with van der Waals surface area (Å²) in [6, 6.07) is 10.0. The van der Waals surface area contributed by atoms with Crippen molar-refractivity contribution in [3.63, 3.8) is 0 Å². The molecule has 0 saturated heterocycles. The van der Waals surface area contributed by atoms with E-state index in [4.69, 9.17) is 4.74 Å². The first-order valence-electron chi connectivity index (χ1n) is 7.77. The second kappa shape index (κ2) is 6.70. The highest BCUT2D eigenvalue weighted by atomic mass is 19.4. The van der Waals surface area contributed by atoms with Gasteiger partial charge in [-0.05, 0) is 37.3 Å². The Hall–Kier alpha value is -3.03. The summed E-state index contributed by atoms with van der Waals surface area (Å²) in [6.07, 6.45) is -4.87. The summed E-state index contributed by atoms with van der Waals surface area (Å²) in [5, 5.41) is 0.309. The second-order valence-corrected chi connectivity index (χ2v) is 5.46. The van der Waals surface area contributed by atoms with Crippen LogP contribution < -0.4 is 10.2 Å². The van der Waals surface area contributed by atoms with Gasteiger partial charge in [0.15, 0.2) is 5.43 Å². The van der Waals surface area contributed by atoms with Crippen molar-refractivity contribution in [1.82, 2.24) is 4.57 Å². The third-order valence-electron chi connectivity index (χ3n) is 3.77. The van der Waals surface area contributed by atoms with Crippen LogP contribution in [0.2, 0.25) is 0 Å². The summed E-state index contributed by atoms with van der Waals surface area (Å²) >= 11 is 0. The number of rotatable bonds is 4. The molecule has 26 heavy (non-hydrogen) atoms. The standard InChI is InChI=1S/C18H14F3NO4/c1-2-25-16(23)10-22-14-6-4-3-5-12(14)17(24)13-9-11(7-8-15(13)22)26-18(19,20)21/h3-9H,2,10H2,1H3. The fraction of sp³-hybridized carbons (Fsp3) is 0.222. The molecule has 0 atom stereocenters. The number of nitrogens with zero attached hydrogens (tertiary/aromatic N) is 1. The van der Waals surface area contributed by atoms with E-state index in [1.54, 1.807) is 35.8 Å². The van der Waals surface area contributed by atoms with Crippen LogP contribution in [0.4, 0.5) is 13.2 Å². The Kier molecular flexibility index (Phi) is 4.58. The van der Waals surface area contributed by atoms with E-state index >= 15 is 0 Å². The minimum absolute atomic E-state index is 0.0229. The van der Waals surface area contributed by atoms with Gasteiger partial charge in [0.25, 0.3) is 0 Å². The van der Waals surface area contributed by atoms with Crippen molar-refractivity contribution in [2.24, 2.45) is 0 Å². The minimum atomic E-state index is -4.87. The number of halogens is 3. The number of hydrogen-bond donors (Lipinski definition) is 0. The van der Waals surface area contributed by atoms with Crippen LogP contribution >= 0.6 is 0 Å². The van der Waals surface area contributed by atoms with Crippen LogP contribution in [0.3, 0.4) is 0 Å². The summed E-state index contributed by atoms with van der Waals surface area (Å²) in [4.78, 5) is 24.6. The highest BCUT2D eigenvalue weighted by Crippen LogP contribution is 2.27. The topological polar surface area (TPSA) is 57.5 Å². The third kappa shape index (κ3) is 3.49. The van der Waals surface area contributed by atoms with E-state index < -0.39 is 23.5 Å². The molecule has 3 rings (SSSR count). The minimum Gasteiger partial charge on any atom is -0.465 e. The van der Waals surface area contributed by atoms with Crippen LogP contribution in [-0.2, 0) is 16.1 Å². The van der Waals surface area contributed by atoms with E-state index in [2.05, 4.69) is 4.74 Å². The fourth-order valence-corrected chi connectivity index (χ4v) is 2.81. The number of aromatic nitrogens is 1. The molecule has 0 bridgehead atoms. The van der Waals surface area contributed by atoms with Crippen molar-refractivity contribution in [1.29, 1.82) is 0 Å². The lowest BCUT2D eigenvalue weighted by molar-refractivity contribution is -0.274. The number of hydrogen-bond acceptors (Lipinski definition) is 4. The quantitative estimate of drug-likeness (QED) is 0.524. The molecule has 5 nitrogen and oxygen atoms in total. The van der Waals surface area contributed by atoms with E-state index in [-0.39, 0.29) is 23.9 Å². The number of pyridine rings is 1. The average Bonchev–Trinajstić information content (AvgIpc) is 2.57. The molecular weight excluding hydrogens is 351 g/mol. The van der Waals surface area contributed by atoms with Gasteiger partial charge in [0, 0.05) is 10.8 Å². The smallest absolute Gasteiger partial charge is 0.465 e. The van der Waals surface area contributed by atoms with Crippen molar-refractivity contribution in [3.05, 3.63) is 52.7 Å². The lowest BCUT2D eigenvalue weighted by Crippen LogP contribution is -2.19. The summed E-state index contributed by atoms with van der Waals surface area (Å²) in [6.45, 7) is 1.68. The van der Waals surface area contributed by atoms with Gasteiger partial charge in [0.05, 0.1) is 17.6 Å². The molecule has 0 spiro atoms.